The van der Waals surface area contributed by atoms with Crippen molar-refractivity contribution in [1.82, 2.24) is 10.2 Å². The summed E-state index contributed by atoms with van der Waals surface area (Å²) in [6.07, 6.45) is 8.47. The number of nitrogens with zero attached hydrogens (tertiary/aromatic N) is 1. The lowest BCUT2D eigenvalue weighted by molar-refractivity contribution is -0.121. The van der Waals surface area contributed by atoms with Crippen LogP contribution in [-0.4, -0.2) is 41.7 Å². The highest BCUT2D eigenvalue weighted by Gasteiger charge is 2.38. The van der Waals surface area contributed by atoms with E-state index in [0.717, 1.165) is 30.9 Å². The van der Waals surface area contributed by atoms with Gasteiger partial charge in [-0.25, -0.2) is 0 Å². The molecule has 0 bridgehead atoms. The van der Waals surface area contributed by atoms with E-state index in [-0.39, 0.29) is 11.3 Å². The summed E-state index contributed by atoms with van der Waals surface area (Å²) in [5.74, 6) is 0.0797. The number of rotatable bonds is 2. The Kier molecular flexibility index (Phi) is 3.69. The Bertz CT molecular complexity index is 463. The molecule has 110 valence electrons. The van der Waals surface area contributed by atoms with Crippen molar-refractivity contribution in [3.05, 3.63) is 23.4 Å². The molecule has 1 fully saturated rings. The molecule has 2 unspecified atom stereocenters. The predicted octanol–water partition coefficient (Wildman–Crippen LogP) is 1.57. The average molecular weight is 276 g/mol. The largest absolute Gasteiger partial charge is 0.385 e. The highest BCUT2D eigenvalue weighted by Crippen LogP contribution is 2.39. The van der Waals surface area contributed by atoms with Crippen LogP contribution in [0.5, 0.6) is 0 Å². The first-order valence-electron chi connectivity index (χ1n) is 7.72. The summed E-state index contributed by atoms with van der Waals surface area (Å²) in [7, 11) is 0. The minimum Gasteiger partial charge on any atom is -0.385 e. The van der Waals surface area contributed by atoms with Gasteiger partial charge in [0.1, 0.15) is 0 Å². The van der Waals surface area contributed by atoms with Crippen LogP contribution in [0.1, 0.15) is 39.0 Å². The van der Waals surface area contributed by atoms with Gasteiger partial charge in [0, 0.05) is 24.1 Å². The molecule has 2 aliphatic heterocycles. The zero-order valence-corrected chi connectivity index (χ0v) is 12.2. The second-order valence-corrected chi connectivity index (χ2v) is 6.51. The monoisotopic (exact) mass is 276 g/mol. The Labute approximate surface area is 120 Å². The van der Waals surface area contributed by atoms with Gasteiger partial charge >= 0.3 is 0 Å². The van der Waals surface area contributed by atoms with E-state index >= 15 is 0 Å². The number of nitrogens with one attached hydrogen (secondary N) is 1. The Morgan fingerprint density at radius 3 is 2.85 bits per heavy atom. The predicted molar refractivity (Wildman–Crippen MR) is 77.9 cm³/mol. The maximum absolute atomic E-state index is 11.7. The van der Waals surface area contributed by atoms with E-state index in [4.69, 9.17) is 0 Å². The molecule has 0 aromatic heterocycles. The molecule has 1 saturated heterocycles. The molecule has 2 atom stereocenters. The lowest BCUT2D eigenvalue weighted by atomic mass is 9.75. The Morgan fingerprint density at radius 1 is 1.35 bits per heavy atom. The summed E-state index contributed by atoms with van der Waals surface area (Å²) in [5.41, 5.74) is 1.78. The molecule has 0 aromatic rings. The van der Waals surface area contributed by atoms with Crippen molar-refractivity contribution in [3.63, 3.8) is 0 Å². The Morgan fingerprint density at radius 2 is 2.10 bits per heavy atom. The fourth-order valence-electron chi connectivity index (χ4n) is 3.68. The van der Waals surface area contributed by atoms with E-state index in [9.17, 15) is 9.90 Å². The summed E-state index contributed by atoms with van der Waals surface area (Å²) in [6, 6.07) is 0. The smallest absolute Gasteiger partial charge is 0.224 e. The molecule has 0 aromatic carbocycles. The fraction of sp³-hybridized carbons (Fsp3) is 0.688. The van der Waals surface area contributed by atoms with Crippen LogP contribution in [0.2, 0.25) is 0 Å². The minimum atomic E-state index is -0.528. The molecule has 0 radical (unpaired) electrons. The summed E-state index contributed by atoms with van der Waals surface area (Å²) in [6.45, 7) is 5.38. The van der Waals surface area contributed by atoms with Crippen molar-refractivity contribution in [2.45, 2.75) is 45.1 Å². The van der Waals surface area contributed by atoms with Crippen LogP contribution in [-0.2, 0) is 4.79 Å². The lowest BCUT2D eigenvalue weighted by Gasteiger charge is -2.42. The third-order valence-corrected chi connectivity index (χ3v) is 4.78. The van der Waals surface area contributed by atoms with Gasteiger partial charge < -0.3 is 15.3 Å². The summed E-state index contributed by atoms with van der Waals surface area (Å²) < 4.78 is 0. The van der Waals surface area contributed by atoms with Gasteiger partial charge in [0.25, 0.3) is 0 Å². The van der Waals surface area contributed by atoms with Crippen molar-refractivity contribution in [2.24, 2.45) is 5.41 Å². The van der Waals surface area contributed by atoms with Crippen LogP contribution < -0.4 is 5.32 Å². The van der Waals surface area contributed by atoms with Gasteiger partial charge in [-0.1, -0.05) is 18.6 Å². The highest BCUT2D eigenvalue weighted by atomic mass is 16.3. The second-order valence-electron chi connectivity index (χ2n) is 6.51. The van der Waals surface area contributed by atoms with Crippen LogP contribution >= 0.6 is 0 Å². The van der Waals surface area contributed by atoms with Gasteiger partial charge in [-0.2, -0.15) is 0 Å². The standard InChI is InChI=1S/C16H24N2O2/c1-16(11-18-9-3-2-4-10-18)8-7-13(19)12-5-6-14(20)17-15(12)16/h7-8,13,19H,2-6,9-11H2,1H3,(H,17,20). The topological polar surface area (TPSA) is 52.6 Å². The number of likely N-dealkylation sites (tertiary alicyclic amines) is 1. The molecule has 4 heteroatoms. The lowest BCUT2D eigenvalue weighted by Crippen LogP contribution is -2.47. The van der Waals surface area contributed by atoms with Gasteiger partial charge in [0.2, 0.25) is 5.91 Å². The third-order valence-electron chi connectivity index (χ3n) is 4.78. The van der Waals surface area contributed by atoms with Gasteiger partial charge in [-0.3, -0.25) is 4.79 Å². The molecular formula is C16H24N2O2. The van der Waals surface area contributed by atoms with Gasteiger partial charge in [0.15, 0.2) is 0 Å². The molecule has 1 amide bonds. The van der Waals surface area contributed by atoms with E-state index in [1.54, 1.807) is 0 Å². The number of piperidine rings is 1. The van der Waals surface area contributed by atoms with Crippen LogP contribution in [0.15, 0.2) is 23.4 Å². The zero-order chi connectivity index (χ0) is 14.2. The first-order valence-corrected chi connectivity index (χ1v) is 7.72. The van der Waals surface area contributed by atoms with E-state index in [1.807, 2.05) is 6.08 Å². The first kappa shape index (κ1) is 13.8. The van der Waals surface area contributed by atoms with E-state index < -0.39 is 6.10 Å². The molecule has 4 nitrogen and oxygen atoms in total. The van der Waals surface area contributed by atoms with Crippen molar-refractivity contribution in [1.29, 1.82) is 0 Å². The maximum atomic E-state index is 11.7. The van der Waals surface area contributed by atoms with Crippen molar-refractivity contribution < 1.29 is 9.90 Å². The van der Waals surface area contributed by atoms with Crippen LogP contribution in [0.3, 0.4) is 0 Å². The number of carbonyl (C=O) groups is 1. The molecule has 1 aliphatic carbocycles. The van der Waals surface area contributed by atoms with Gasteiger partial charge in [-0.05, 0) is 44.8 Å². The van der Waals surface area contributed by atoms with E-state index in [2.05, 4.69) is 23.2 Å². The Balaban J connectivity index is 1.84. The molecular weight excluding hydrogens is 252 g/mol. The number of carbonyl (C=O) groups excluding carboxylic acids is 1. The number of amides is 1. The maximum Gasteiger partial charge on any atom is 0.224 e. The number of aliphatic hydroxyl groups excluding tert-OH is 1. The fourth-order valence-corrected chi connectivity index (χ4v) is 3.68. The molecule has 0 spiro atoms. The summed E-state index contributed by atoms with van der Waals surface area (Å²) >= 11 is 0. The minimum absolute atomic E-state index is 0.0797. The van der Waals surface area contributed by atoms with Gasteiger partial charge in [0.05, 0.1) is 6.10 Å². The van der Waals surface area contributed by atoms with Crippen molar-refractivity contribution in [3.8, 4) is 0 Å². The van der Waals surface area contributed by atoms with E-state index in [1.165, 1.54) is 19.3 Å². The summed E-state index contributed by atoms with van der Waals surface area (Å²) in [4.78, 5) is 14.2. The molecule has 2 heterocycles. The first-order chi connectivity index (χ1) is 9.58. The van der Waals surface area contributed by atoms with Crippen LogP contribution in [0.25, 0.3) is 0 Å². The van der Waals surface area contributed by atoms with Crippen LogP contribution in [0, 0.1) is 5.41 Å². The third kappa shape index (κ3) is 2.54. The molecule has 2 N–H and O–H groups in total. The van der Waals surface area contributed by atoms with Crippen LogP contribution in [0.4, 0.5) is 0 Å². The number of aliphatic hydroxyl groups is 1. The van der Waals surface area contributed by atoms with Gasteiger partial charge in [-0.15, -0.1) is 0 Å². The zero-order valence-electron chi connectivity index (χ0n) is 12.2. The average Bonchev–Trinajstić information content (AvgIpc) is 2.45. The Hall–Kier alpha value is -1.13. The SMILES string of the molecule is CC1(CN2CCCCC2)C=CC(O)C2=C1NC(=O)CC2. The normalized spacial score (nSPS) is 34.9. The van der Waals surface area contributed by atoms with Crippen molar-refractivity contribution >= 4 is 5.91 Å². The quantitative estimate of drug-likeness (QED) is 0.753. The molecule has 0 saturated carbocycles. The number of hydrogen-bond acceptors (Lipinski definition) is 3. The van der Waals surface area contributed by atoms with E-state index in [0.29, 0.717) is 12.8 Å². The highest BCUT2D eigenvalue weighted by molar-refractivity contribution is 5.80. The number of hydrogen-bond donors (Lipinski definition) is 2. The molecule has 20 heavy (non-hydrogen) atoms. The van der Waals surface area contributed by atoms with Crippen molar-refractivity contribution in [2.75, 3.05) is 19.6 Å². The molecule has 3 rings (SSSR count). The molecule has 3 aliphatic rings. The summed E-state index contributed by atoms with van der Waals surface area (Å²) in [5, 5.41) is 13.2. The second kappa shape index (κ2) is 5.34.